The van der Waals surface area contributed by atoms with Crippen LogP contribution in [0.2, 0.25) is 0 Å². The van der Waals surface area contributed by atoms with Gasteiger partial charge in [-0.25, -0.2) is 4.79 Å². The second-order valence-electron chi connectivity index (χ2n) is 8.31. The zero-order chi connectivity index (χ0) is 25.9. The number of rotatable bonds is 5. The molecule has 0 saturated carbocycles. The summed E-state index contributed by atoms with van der Waals surface area (Å²) in [4.78, 5) is 38.6. The summed E-state index contributed by atoms with van der Waals surface area (Å²) >= 11 is 6.40. The number of hydrogen-bond donors (Lipinski definition) is 1. The largest absolute Gasteiger partial charge is 0.423 e. The van der Waals surface area contributed by atoms with Crippen LogP contribution in [0.25, 0.3) is 16.8 Å². The molecule has 1 aliphatic rings. The van der Waals surface area contributed by atoms with Crippen LogP contribution in [-0.2, 0) is 4.79 Å². The first kappa shape index (κ1) is 24.4. The second-order valence-corrected chi connectivity index (χ2v) is 9.99. The van der Waals surface area contributed by atoms with Crippen molar-refractivity contribution in [1.29, 1.82) is 0 Å². The topological polar surface area (TPSA) is 75.7 Å². The minimum absolute atomic E-state index is 0.234. The van der Waals surface area contributed by atoms with E-state index in [4.69, 9.17) is 17.0 Å². The predicted octanol–water partition coefficient (Wildman–Crippen LogP) is 5.91. The molecule has 1 aliphatic heterocycles. The van der Waals surface area contributed by atoms with Gasteiger partial charge in [0.25, 0.3) is 11.8 Å². The number of carbonyl (C=O) groups is 3. The van der Waals surface area contributed by atoms with Crippen molar-refractivity contribution in [2.24, 2.45) is 0 Å². The Bertz CT molecular complexity index is 1570. The molecule has 6 nitrogen and oxygen atoms in total. The molecule has 0 aromatic heterocycles. The smallest absolute Gasteiger partial charge is 0.344 e. The molecule has 0 spiro atoms. The maximum Gasteiger partial charge on any atom is 0.344 e. The number of thioether (sulfide) groups is 1. The Morgan fingerprint density at radius 2 is 1.62 bits per heavy atom. The number of carbonyl (C=O) groups excluding carboxylic acids is 3. The first-order chi connectivity index (χ1) is 17.9. The highest BCUT2D eigenvalue weighted by atomic mass is 32.2. The van der Waals surface area contributed by atoms with Crippen LogP contribution in [0.5, 0.6) is 5.75 Å². The Morgan fingerprint density at radius 3 is 2.38 bits per heavy atom. The number of hydrazine groups is 1. The summed E-state index contributed by atoms with van der Waals surface area (Å²) in [5.41, 5.74) is 5.23. The number of aryl methyl sites for hydroxylation is 1. The van der Waals surface area contributed by atoms with Crippen molar-refractivity contribution < 1.29 is 19.1 Å². The molecule has 1 heterocycles. The van der Waals surface area contributed by atoms with Gasteiger partial charge in [0, 0.05) is 5.56 Å². The monoisotopic (exact) mass is 524 g/mol. The third-order valence-corrected chi connectivity index (χ3v) is 7.02. The second kappa shape index (κ2) is 10.4. The average Bonchev–Trinajstić information content (AvgIpc) is 3.17. The lowest BCUT2D eigenvalue weighted by atomic mass is 10.0. The maximum atomic E-state index is 12.9. The number of benzene rings is 4. The van der Waals surface area contributed by atoms with Gasteiger partial charge in [-0.05, 0) is 71.9 Å². The molecule has 0 atom stereocenters. The van der Waals surface area contributed by atoms with Gasteiger partial charge in [0.15, 0.2) is 4.32 Å². The Morgan fingerprint density at radius 1 is 0.919 bits per heavy atom. The number of nitrogens with one attached hydrogen (secondary N) is 1. The fourth-order valence-electron chi connectivity index (χ4n) is 3.78. The van der Waals surface area contributed by atoms with Crippen molar-refractivity contribution in [1.82, 2.24) is 10.4 Å². The fraction of sp³-hybridized carbons (Fsp3) is 0.0345. The van der Waals surface area contributed by atoms with E-state index in [0.717, 1.165) is 38.7 Å². The van der Waals surface area contributed by atoms with Gasteiger partial charge < -0.3 is 4.74 Å². The Hall–Kier alpha value is -4.27. The first-order valence-corrected chi connectivity index (χ1v) is 12.6. The normalized spacial score (nSPS) is 14.3. The van der Waals surface area contributed by atoms with Crippen LogP contribution in [-0.4, -0.2) is 27.1 Å². The van der Waals surface area contributed by atoms with Crippen molar-refractivity contribution in [3.05, 3.63) is 118 Å². The van der Waals surface area contributed by atoms with Gasteiger partial charge in [-0.3, -0.25) is 15.0 Å². The van der Waals surface area contributed by atoms with Crippen LogP contribution in [0.1, 0.15) is 31.8 Å². The van der Waals surface area contributed by atoms with Gasteiger partial charge in [0.1, 0.15) is 5.75 Å². The van der Waals surface area contributed by atoms with Crippen LogP contribution in [0.4, 0.5) is 0 Å². The molecule has 0 radical (unpaired) electrons. The summed E-state index contributed by atoms with van der Waals surface area (Å²) in [6.45, 7) is 1.93. The Labute approximate surface area is 222 Å². The van der Waals surface area contributed by atoms with E-state index in [1.54, 1.807) is 48.5 Å². The van der Waals surface area contributed by atoms with Gasteiger partial charge in [-0.1, -0.05) is 78.0 Å². The highest BCUT2D eigenvalue weighted by molar-refractivity contribution is 8.26. The molecular formula is C29H20N2O4S2. The van der Waals surface area contributed by atoms with Crippen LogP contribution >= 0.6 is 24.0 Å². The van der Waals surface area contributed by atoms with Crippen LogP contribution in [0.15, 0.2) is 95.9 Å². The zero-order valence-electron chi connectivity index (χ0n) is 19.6. The molecule has 37 heavy (non-hydrogen) atoms. The molecule has 8 heteroatoms. The molecule has 5 rings (SSSR count). The third kappa shape index (κ3) is 5.30. The van der Waals surface area contributed by atoms with E-state index < -0.39 is 17.8 Å². The Kier molecular flexibility index (Phi) is 6.85. The standard InChI is InChI=1S/C29H20N2O4S2/c1-18-9-13-21(14-10-18)26(32)30-31-27(33)25(37-29(31)36)17-19-11-15-22(16-12-19)35-28(34)24-8-4-6-20-5-2-3-7-23(20)24/h2-17H,1H3,(H,30,32). The highest BCUT2D eigenvalue weighted by Gasteiger charge is 2.33. The highest BCUT2D eigenvalue weighted by Crippen LogP contribution is 2.32. The number of amides is 2. The number of nitrogens with zero attached hydrogens (tertiary/aromatic N) is 1. The molecule has 0 unspecified atom stereocenters. The van der Waals surface area contributed by atoms with Gasteiger partial charge in [-0.15, -0.1) is 0 Å². The van der Waals surface area contributed by atoms with Crippen LogP contribution in [0.3, 0.4) is 0 Å². The van der Waals surface area contributed by atoms with E-state index in [2.05, 4.69) is 5.43 Å². The average molecular weight is 525 g/mol. The number of esters is 1. The minimum Gasteiger partial charge on any atom is -0.423 e. The summed E-state index contributed by atoms with van der Waals surface area (Å²) in [5.74, 6) is -0.903. The molecule has 0 bridgehead atoms. The molecule has 1 fully saturated rings. The van der Waals surface area contributed by atoms with Crippen molar-refractivity contribution in [3.63, 3.8) is 0 Å². The maximum absolute atomic E-state index is 12.9. The molecule has 1 N–H and O–H groups in total. The van der Waals surface area contributed by atoms with Crippen molar-refractivity contribution in [2.45, 2.75) is 6.92 Å². The van der Waals surface area contributed by atoms with E-state index >= 15 is 0 Å². The summed E-state index contributed by atoms with van der Waals surface area (Å²) in [6, 6.07) is 26.9. The number of ether oxygens (including phenoxy) is 1. The van der Waals surface area contributed by atoms with E-state index in [1.165, 1.54) is 0 Å². The zero-order valence-corrected chi connectivity index (χ0v) is 21.3. The lowest BCUT2D eigenvalue weighted by molar-refractivity contribution is -0.123. The predicted molar refractivity (Wildman–Crippen MR) is 149 cm³/mol. The number of thiocarbonyl (C=S) groups is 1. The van der Waals surface area contributed by atoms with Gasteiger partial charge >= 0.3 is 5.97 Å². The first-order valence-electron chi connectivity index (χ1n) is 11.3. The molecule has 182 valence electrons. The summed E-state index contributed by atoms with van der Waals surface area (Å²) < 4.78 is 5.81. The van der Waals surface area contributed by atoms with Gasteiger partial charge in [0.2, 0.25) is 0 Å². The van der Waals surface area contributed by atoms with Crippen molar-refractivity contribution in [3.8, 4) is 5.75 Å². The van der Waals surface area contributed by atoms with Crippen molar-refractivity contribution in [2.75, 3.05) is 0 Å². The number of hydrogen-bond acceptors (Lipinski definition) is 6. The van der Waals surface area contributed by atoms with E-state index in [9.17, 15) is 14.4 Å². The van der Waals surface area contributed by atoms with E-state index in [0.29, 0.717) is 21.8 Å². The Balaban J connectivity index is 1.26. The molecule has 0 aliphatic carbocycles. The van der Waals surface area contributed by atoms with Crippen LogP contribution in [0, 0.1) is 6.92 Å². The van der Waals surface area contributed by atoms with E-state index in [-0.39, 0.29) is 4.32 Å². The SMILES string of the molecule is Cc1ccc(C(=O)NN2C(=O)C(=Cc3ccc(OC(=O)c4cccc5ccccc45)cc3)SC2=S)cc1. The molecule has 2 amide bonds. The van der Waals surface area contributed by atoms with Gasteiger partial charge in [0.05, 0.1) is 10.5 Å². The molecule has 4 aromatic rings. The summed E-state index contributed by atoms with van der Waals surface area (Å²) in [5, 5.41) is 2.86. The molecule has 4 aromatic carbocycles. The summed E-state index contributed by atoms with van der Waals surface area (Å²) in [7, 11) is 0. The van der Waals surface area contributed by atoms with Crippen molar-refractivity contribution >= 4 is 62.9 Å². The summed E-state index contributed by atoms with van der Waals surface area (Å²) in [6.07, 6.45) is 1.67. The van der Waals surface area contributed by atoms with E-state index in [1.807, 2.05) is 55.5 Å². The fourth-order valence-corrected chi connectivity index (χ4v) is 4.96. The lowest BCUT2D eigenvalue weighted by Gasteiger charge is -2.15. The quantitative estimate of drug-likeness (QED) is 0.151. The van der Waals surface area contributed by atoms with Gasteiger partial charge in [-0.2, -0.15) is 5.01 Å². The van der Waals surface area contributed by atoms with Crippen LogP contribution < -0.4 is 10.2 Å². The minimum atomic E-state index is -0.449. The lowest BCUT2D eigenvalue weighted by Crippen LogP contribution is -2.44. The third-order valence-electron chi connectivity index (χ3n) is 5.72. The number of fused-ring (bicyclic) bond motifs is 1. The molecular weight excluding hydrogens is 504 g/mol. The molecule has 1 saturated heterocycles.